The summed E-state index contributed by atoms with van der Waals surface area (Å²) in [6.45, 7) is 4.64. The third kappa shape index (κ3) is 6.12. The van der Waals surface area contributed by atoms with Crippen LogP contribution < -0.4 is 16.0 Å². The molecule has 0 bridgehead atoms. The zero-order chi connectivity index (χ0) is 18.5. The Balaban J connectivity index is 0.00000261. The normalized spacial score (nSPS) is 15.4. The first-order valence-corrected chi connectivity index (χ1v) is 9.50. The minimum absolute atomic E-state index is 0. The third-order valence-corrected chi connectivity index (χ3v) is 5.03. The van der Waals surface area contributed by atoms with Crippen LogP contribution in [0.3, 0.4) is 0 Å². The van der Waals surface area contributed by atoms with Crippen molar-refractivity contribution in [2.75, 3.05) is 18.0 Å². The van der Waals surface area contributed by atoms with E-state index >= 15 is 0 Å². The van der Waals surface area contributed by atoms with E-state index in [1.165, 1.54) is 12.8 Å². The molecular formula is C19H24Cl2IN5. The summed E-state index contributed by atoms with van der Waals surface area (Å²) in [6.07, 6.45) is 4.35. The van der Waals surface area contributed by atoms with Crippen molar-refractivity contribution in [2.24, 2.45) is 10.7 Å². The molecule has 2 heterocycles. The fourth-order valence-electron chi connectivity index (χ4n) is 3.02. The summed E-state index contributed by atoms with van der Waals surface area (Å²) in [5, 5.41) is 4.37. The molecule has 0 aliphatic carbocycles. The van der Waals surface area contributed by atoms with Crippen LogP contribution in [-0.2, 0) is 6.54 Å². The number of aromatic nitrogens is 1. The van der Waals surface area contributed by atoms with E-state index in [1.807, 2.05) is 25.3 Å². The first-order valence-electron chi connectivity index (χ1n) is 8.74. The molecule has 0 amide bonds. The minimum Gasteiger partial charge on any atom is -0.370 e. The van der Waals surface area contributed by atoms with Crippen molar-refractivity contribution < 1.29 is 0 Å². The summed E-state index contributed by atoms with van der Waals surface area (Å²) in [5.74, 6) is 1.40. The van der Waals surface area contributed by atoms with Crippen molar-refractivity contribution in [2.45, 2.75) is 32.4 Å². The highest BCUT2D eigenvalue weighted by Crippen LogP contribution is 2.26. The number of nitrogens with zero attached hydrogens (tertiary/aromatic N) is 3. The molecule has 3 rings (SSSR count). The fourth-order valence-corrected chi connectivity index (χ4v) is 3.59. The van der Waals surface area contributed by atoms with Crippen LogP contribution in [0.15, 0.2) is 41.5 Å². The summed E-state index contributed by atoms with van der Waals surface area (Å²) >= 11 is 12.2. The van der Waals surface area contributed by atoms with Gasteiger partial charge in [-0.25, -0.2) is 9.98 Å². The van der Waals surface area contributed by atoms with E-state index in [1.54, 1.807) is 6.07 Å². The van der Waals surface area contributed by atoms with E-state index in [4.69, 9.17) is 28.9 Å². The molecule has 5 nitrogen and oxygen atoms in total. The van der Waals surface area contributed by atoms with E-state index in [0.29, 0.717) is 22.5 Å². The average molecular weight is 520 g/mol. The van der Waals surface area contributed by atoms with Gasteiger partial charge in [-0.05, 0) is 49.1 Å². The second-order valence-electron chi connectivity index (χ2n) is 6.45. The van der Waals surface area contributed by atoms with E-state index in [0.717, 1.165) is 30.0 Å². The fraction of sp³-hybridized carbons (Fsp3) is 0.368. The first kappa shape index (κ1) is 22.0. The second-order valence-corrected chi connectivity index (χ2v) is 7.30. The van der Waals surface area contributed by atoms with E-state index < -0.39 is 0 Å². The smallest absolute Gasteiger partial charge is 0.189 e. The molecule has 1 unspecified atom stereocenters. The zero-order valence-corrected chi connectivity index (χ0v) is 19.0. The number of rotatable bonds is 5. The first-order chi connectivity index (χ1) is 12.5. The Bertz CT molecular complexity index is 776. The van der Waals surface area contributed by atoms with Gasteiger partial charge in [-0.2, -0.15) is 0 Å². The van der Waals surface area contributed by atoms with Gasteiger partial charge in [-0.15, -0.1) is 24.0 Å². The van der Waals surface area contributed by atoms with Crippen LogP contribution >= 0.6 is 47.2 Å². The Labute approximate surface area is 187 Å². The third-order valence-electron chi connectivity index (χ3n) is 4.46. The van der Waals surface area contributed by atoms with E-state index in [-0.39, 0.29) is 30.0 Å². The number of halogens is 3. The summed E-state index contributed by atoms with van der Waals surface area (Å²) in [5.41, 5.74) is 7.96. The van der Waals surface area contributed by atoms with Crippen molar-refractivity contribution in [1.82, 2.24) is 10.3 Å². The lowest BCUT2D eigenvalue weighted by Crippen LogP contribution is -2.34. The monoisotopic (exact) mass is 519 g/mol. The Kier molecular flexibility index (Phi) is 8.44. The standard InChI is InChI=1S/C19H23Cl2N5.HI/c1-13(16-6-5-15(20)10-17(16)21)25-19(22)24-12-14-4-7-18(23-11-14)26-8-2-3-9-26;/h4-7,10-11,13H,2-3,8-9,12H2,1H3,(H3,22,24,25);1H. The second kappa shape index (κ2) is 10.3. The van der Waals surface area contributed by atoms with Gasteiger partial charge in [0.1, 0.15) is 5.82 Å². The van der Waals surface area contributed by atoms with Crippen LogP contribution in [0.25, 0.3) is 0 Å². The number of guanidine groups is 1. The lowest BCUT2D eigenvalue weighted by atomic mass is 10.1. The highest BCUT2D eigenvalue weighted by molar-refractivity contribution is 14.0. The molecule has 0 radical (unpaired) electrons. The predicted molar refractivity (Wildman–Crippen MR) is 124 cm³/mol. The predicted octanol–water partition coefficient (Wildman–Crippen LogP) is 4.77. The molecule has 1 aromatic carbocycles. The number of nitrogens with one attached hydrogen (secondary N) is 1. The molecule has 0 saturated carbocycles. The number of aliphatic imine (C=N–C) groups is 1. The SMILES string of the molecule is CC(NC(N)=NCc1ccc(N2CCCC2)nc1)c1ccc(Cl)cc1Cl.I. The van der Waals surface area contributed by atoms with Gasteiger partial charge in [0, 0.05) is 29.3 Å². The molecule has 1 aliphatic heterocycles. The van der Waals surface area contributed by atoms with Crippen LogP contribution in [0.4, 0.5) is 5.82 Å². The Morgan fingerprint density at radius 3 is 2.63 bits per heavy atom. The number of anilines is 1. The Morgan fingerprint density at radius 1 is 1.26 bits per heavy atom. The van der Waals surface area contributed by atoms with Gasteiger partial charge >= 0.3 is 0 Å². The number of hydrogen-bond acceptors (Lipinski definition) is 3. The molecule has 146 valence electrons. The van der Waals surface area contributed by atoms with Crippen molar-refractivity contribution in [1.29, 1.82) is 0 Å². The van der Waals surface area contributed by atoms with E-state index in [2.05, 4.69) is 32.3 Å². The molecule has 27 heavy (non-hydrogen) atoms. The molecule has 1 saturated heterocycles. The highest BCUT2D eigenvalue weighted by atomic mass is 127. The number of hydrogen-bond donors (Lipinski definition) is 2. The van der Waals surface area contributed by atoms with E-state index in [9.17, 15) is 0 Å². The van der Waals surface area contributed by atoms with Gasteiger partial charge in [0.05, 0.1) is 12.6 Å². The Morgan fingerprint density at radius 2 is 2.00 bits per heavy atom. The zero-order valence-electron chi connectivity index (χ0n) is 15.2. The summed E-state index contributed by atoms with van der Waals surface area (Å²) in [7, 11) is 0. The maximum Gasteiger partial charge on any atom is 0.189 e. The number of nitrogens with two attached hydrogens (primary N) is 1. The quantitative estimate of drug-likeness (QED) is 0.339. The largest absolute Gasteiger partial charge is 0.370 e. The van der Waals surface area contributed by atoms with Gasteiger partial charge in [0.25, 0.3) is 0 Å². The van der Waals surface area contributed by atoms with Gasteiger partial charge in [0.15, 0.2) is 5.96 Å². The maximum atomic E-state index is 6.23. The van der Waals surface area contributed by atoms with Crippen LogP contribution in [0.1, 0.15) is 36.9 Å². The van der Waals surface area contributed by atoms with Gasteiger partial charge < -0.3 is 16.0 Å². The lowest BCUT2D eigenvalue weighted by Gasteiger charge is -2.17. The molecule has 1 aromatic heterocycles. The summed E-state index contributed by atoms with van der Waals surface area (Å²) < 4.78 is 0. The number of benzene rings is 1. The summed E-state index contributed by atoms with van der Waals surface area (Å²) in [4.78, 5) is 11.2. The highest BCUT2D eigenvalue weighted by Gasteiger charge is 2.13. The molecule has 1 atom stereocenters. The van der Waals surface area contributed by atoms with Crippen molar-refractivity contribution >= 4 is 59.0 Å². The molecule has 8 heteroatoms. The van der Waals surface area contributed by atoms with Crippen LogP contribution in [0.2, 0.25) is 10.0 Å². The maximum absolute atomic E-state index is 6.23. The molecule has 2 aromatic rings. The average Bonchev–Trinajstić information content (AvgIpc) is 3.15. The van der Waals surface area contributed by atoms with Crippen LogP contribution in [-0.4, -0.2) is 24.0 Å². The van der Waals surface area contributed by atoms with Crippen molar-refractivity contribution in [3.8, 4) is 0 Å². The molecule has 1 aliphatic rings. The van der Waals surface area contributed by atoms with Crippen LogP contribution in [0.5, 0.6) is 0 Å². The minimum atomic E-state index is -0.0702. The molecular weight excluding hydrogens is 496 g/mol. The van der Waals surface area contributed by atoms with Gasteiger partial charge in [-0.3, -0.25) is 0 Å². The van der Waals surface area contributed by atoms with Crippen molar-refractivity contribution in [3.63, 3.8) is 0 Å². The van der Waals surface area contributed by atoms with Gasteiger partial charge in [0.2, 0.25) is 0 Å². The molecule has 0 spiro atoms. The van der Waals surface area contributed by atoms with Crippen molar-refractivity contribution in [3.05, 3.63) is 57.7 Å². The summed E-state index contributed by atoms with van der Waals surface area (Å²) in [6, 6.07) is 9.45. The topological polar surface area (TPSA) is 66.5 Å². The van der Waals surface area contributed by atoms with Gasteiger partial charge in [-0.1, -0.05) is 35.3 Å². The Hall–Kier alpha value is -1.25. The lowest BCUT2D eigenvalue weighted by molar-refractivity contribution is 0.708. The molecule has 3 N–H and O–H groups in total. The number of pyridine rings is 1. The van der Waals surface area contributed by atoms with Crippen LogP contribution in [0, 0.1) is 0 Å². The molecule has 1 fully saturated rings.